The number of carbonyl (C=O) groups is 3. The van der Waals surface area contributed by atoms with Gasteiger partial charge in [-0.05, 0) is 64.2 Å². The highest BCUT2D eigenvalue weighted by atomic mass is 79.9. The van der Waals surface area contributed by atoms with Gasteiger partial charge in [0.2, 0.25) is 11.7 Å². The number of hydrogen-bond donors (Lipinski definition) is 1. The van der Waals surface area contributed by atoms with Gasteiger partial charge in [0.05, 0.1) is 10.2 Å². The van der Waals surface area contributed by atoms with Crippen molar-refractivity contribution in [2.75, 3.05) is 0 Å². The average molecular weight is 488 g/mol. The van der Waals surface area contributed by atoms with E-state index in [2.05, 4.69) is 21.2 Å². The van der Waals surface area contributed by atoms with Crippen molar-refractivity contribution in [3.8, 4) is 11.5 Å². The van der Waals surface area contributed by atoms with E-state index in [4.69, 9.17) is 4.74 Å². The van der Waals surface area contributed by atoms with Crippen molar-refractivity contribution >= 4 is 40.0 Å². The molecule has 0 unspecified atom stereocenters. The van der Waals surface area contributed by atoms with Crippen molar-refractivity contribution in [1.82, 2.24) is 5.32 Å². The number of ketones is 1. The highest BCUT2D eigenvalue weighted by Gasteiger charge is 2.18. The van der Waals surface area contributed by atoms with Crippen molar-refractivity contribution < 1.29 is 23.5 Å². The number of allylic oxidation sites excluding steroid dienone is 1. The van der Waals surface area contributed by atoms with Crippen molar-refractivity contribution in [1.29, 1.82) is 0 Å². The van der Waals surface area contributed by atoms with Gasteiger partial charge in [-0.15, -0.1) is 0 Å². The maximum Gasteiger partial charge on any atom is 0.241 e. The molecule has 0 aliphatic heterocycles. The van der Waals surface area contributed by atoms with Gasteiger partial charge in [-0.2, -0.15) is 0 Å². The summed E-state index contributed by atoms with van der Waals surface area (Å²) in [4.78, 5) is 35.2. The molecule has 162 valence electrons. The Morgan fingerprint density at radius 3 is 2.52 bits per heavy atom. The number of benzene rings is 2. The fourth-order valence-corrected chi connectivity index (χ4v) is 3.89. The van der Waals surface area contributed by atoms with Gasteiger partial charge in [-0.1, -0.05) is 37.8 Å². The van der Waals surface area contributed by atoms with Crippen LogP contribution in [0.15, 0.2) is 52.6 Å². The smallest absolute Gasteiger partial charge is 0.241 e. The van der Waals surface area contributed by atoms with Crippen molar-refractivity contribution in [3.05, 3.63) is 64.0 Å². The topological polar surface area (TPSA) is 72.5 Å². The maximum absolute atomic E-state index is 13.4. The third kappa shape index (κ3) is 6.85. The predicted molar refractivity (Wildman–Crippen MR) is 119 cm³/mol. The minimum Gasteiger partial charge on any atom is -0.456 e. The molecular weight excluding hydrogens is 465 g/mol. The largest absolute Gasteiger partial charge is 0.456 e. The summed E-state index contributed by atoms with van der Waals surface area (Å²) in [6.07, 6.45) is 7.44. The molecule has 5 nitrogen and oxygen atoms in total. The second kappa shape index (κ2) is 11.0. The van der Waals surface area contributed by atoms with Crippen LogP contribution in [0.4, 0.5) is 4.39 Å². The summed E-state index contributed by atoms with van der Waals surface area (Å²) in [5.41, 5.74) is 0.542. The van der Waals surface area contributed by atoms with Gasteiger partial charge in [0.25, 0.3) is 0 Å². The predicted octanol–water partition coefficient (Wildman–Crippen LogP) is 5.58. The summed E-state index contributed by atoms with van der Waals surface area (Å²) in [6.45, 7) is 0. The molecule has 1 fully saturated rings. The number of amides is 1. The van der Waals surface area contributed by atoms with E-state index >= 15 is 0 Å². The number of ether oxygens (including phenoxy) is 1. The second-order valence-electron chi connectivity index (χ2n) is 7.52. The number of Topliss-reactive ketones (excluding diaryl/α,β-unsaturated/α-hetero) is 1. The lowest BCUT2D eigenvalue weighted by Crippen LogP contribution is -2.28. The highest BCUT2D eigenvalue weighted by Crippen LogP contribution is 2.31. The number of halogens is 2. The fourth-order valence-electron chi connectivity index (χ4n) is 3.56. The summed E-state index contributed by atoms with van der Waals surface area (Å²) in [5.74, 6) is -0.131. The summed E-state index contributed by atoms with van der Waals surface area (Å²) in [6, 6.07) is 10.8. The molecule has 0 heterocycles. The average Bonchev–Trinajstić information content (AvgIpc) is 3.29. The fraction of sp³-hybridized carbons (Fsp3) is 0.292. The SMILES string of the molecule is O=CC(=O)/C(=C/c1ccc(Oc2cc(F)ccc2Br)cc1)NC(=O)CCC1CCCC1. The van der Waals surface area contributed by atoms with Crippen LogP contribution in [0.2, 0.25) is 0 Å². The molecule has 31 heavy (non-hydrogen) atoms. The van der Waals surface area contributed by atoms with Gasteiger partial charge in [0.1, 0.15) is 17.3 Å². The molecule has 2 aromatic carbocycles. The molecule has 3 rings (SSSR count). The van der Waals surface area contributed by atoms with Gasteiger partial charge in [-0.25, -0.2) is 4.39 Å². The van der Waals surface area contributed by atoms with Crippen molar-refractivity contribution in [2.24, 2.45) is 5.92 Å². The van der Waals surface area contributed by atoms with Crippen LogP contribution in [0.3, 0.4) is 0 Å². The van der Waals surface area contributed by atoms with Gasteiger partial charge >= 0.3 is 0 Å². The normalized spacial score (nSPS) is 14.3. The lowest BCUT2D eigenvalue weighted by Gasteiger charge is -2.10. The molecule has 0 spiro atoms. The Hall–Kier alpha value is -2.80. The van der Waals surface area contributed by atoms with Crippen LogP contribution in [0.1, 0.15) is 44.1 Å². The van der Waals surface area contributed by atoms with E-state index in [9.17, 15) is 18.8 Å². The molecular formula is C24H23BrFNO4. The molecule has 0 radical (unpaired) electrons. The van der Waals surface area contributed by atoms with Crippen LogP contribution in [0, 0.1) is 11.7 Å². The van der Waals surface area contributed by atoms with Crippen molar-refractivity contribution in [2.45, 2.75) is 38.5 Å². The summed E-state index contributed by atoms with van der Waals surface area (Å²) in [5, 5.41) is 2.57. The van der Waals surface area contributed by atoms with Crippen LogP contribution in [0.5, 0.6) is 11.5 Å². The van der Waals surface area contributed by atoms with Crippen LogP contribution >= 0.6 is 15.9 Å². The Morgan fingerprint density at radius 2 is 1.84 bits per heavy atom. The molecule has 1 amide bonds. The van der Waals surface area contributed by atoms with E-state index in [1.807, 2.05) is 0 Å². The minimum absolute atomic E-state index is 0.0621. The maximum atomic E-state index is 13.4. The molecule has 1 N–H and O–H groups in total. The van der Waals surface area contributed by atoms with Gasteiger partial charge in [0.15, 0.2) is 6.29 Å². The van der Waals surface area contributed by atoms with Crippen LogP contribution < -0.4 is 10.1 Å². The van der Waals surface area contributed by atoms with Crippen LogP contribution in [0.25, 0.3) is 6.08 Å². The van der Waals surface area contributed by atoms with Crippen LogP contribution in [-0.2, 0) is 14.4 Å². The van der Waals surface area contributed by atoms with E-state index in [0.29, 0.717) is 33.9 Å². The molecule has 1 saturated carbocycles. The first-order valence-electron chi connectivity index (χ1n) is 10.2. The first kappa shape index (κ1) is 22.9. The Morgan fingerprint density at radius 1 is 1.13 bits per heavy atom. The third-order valence-electron chi connectivity index (χ3n) is 5.21. The lowest BCUT2D eigenvalue weighted by atomic mass is 10.0. The standard InChI is InChI=1S/C24H23BrFNO4/c25-20-11-8-18(26)14-23(20)31-19-9-5-17(6-10-19)13-21(22(29)15-28)27-24(30)12-7-16-3-1-2-4-16/h5-6,8-11,13-16H,1-4,7,12H2,(H,27,30)/b21-13-. The van der Waals surface area contributed by atoms with Crippen molar-refractivity contribution in [3.63, 3.8) is 0 Å². The van der Waals surface area contributed by atoms with Gasteiger partial charge in [0, 0.05) is 12.5 Å². The number of rotatable bonds is 9. The molecule has 1 aliphatic rings. The Kier molecular flexibility index (Phi) is 8.12. The van der Waals surface area contributed by atoms with E-state index in [1.165, 1.54) is 31.1 Å². The minimum atomic E-state index is -0.793. The lowest BCUT2D eigenvalue weighted by molar-refractivity contribution is -0.128. The highest BCUT2D eigenvalue weighted by molar-refractivity contribution is 9.10. The number of aldehydes is 1. The summed E-state index contributed by atoms with van der Waals surface area (Å²) in [7, 11) is 0. The zero-order chi connectivity index (χ0) is 22.2. The Balaban J connectivity index is 1.66. The molecule has 0 atom stereocenters. The first-order valence-corrected chi connectivity index (χ1v) is 11.0. The molecule has 0 saturated heterocycles. The molecule has 7 heteroatoms. The van der Waals surface area contributed by atoms with Crippen LogP contribution in [-0.4, -0.2) is 18.0 Å². The quantitative estimate of drug-likeness (QED) is 0.284. The molecule has 2 aromatic rings. The Bertz CT molecular complexity index is 982. The van der Waals surface area contributed by atoms with E-state index in [-0.39, 0.29) is 17.9 Å². The monoisotopic (exact) mass is 487 g/mol. The third-order valence-corrected chi connectivity index (χ3v) is 5.87. The summed E-state index contributed by atoms with van der Waals surface area (Å²) >= 11 is 3.30. The second-order valence-corrected chi connectivity index (χ2v) is 8.38. The number of carbonyl (C=O) groups excluding carboxylic acids is 3. The first-order chi connectivity index (χ1) is 14.9. The zero-order valence-corrected chi connectivity index (χ0v) is 18.5. The van der Waals surface area contributed by atoms with Gasteiger partial charge in [-0.3, -0.25) is 14.4 Å². The molecule has 0 bridgehead atoms. The molecule has 0 aromatic heterocycles. The van der Waals surface area contributed by atoms with E-state index < -0.39 is 11.6 Å². The zero-order valence-electron chi connectivity index (χ0n) is 16.9. The summed E-state index contributed by atoms with van der Waals surface area (Å²) < 4.78 is 19.7. The number of nitrogens with one attached hydrogen (secondary N) is 1. The van der Waals surface area contributed by atoms with E-state index in [0.717, 1.165) is 19.3 Å². The Labute approximate surface area is 188 Å². The molecule has 1 aliphatic carbocycles. The number of hydrogen-bond acceptors (Lipinski definition) is 4. The van der Waals surface area contributed by atoms with E-state index in [1.54, 1.807) is 30.3 Å². The van der Waals surface area contributed by atoms with Gasteiger partial charge < -0.3 is 10.1 Å².